The summed E-state index contributed by atoms with van der Waals surface area (Å²) in [5.41, 5.74) is 1.17. The fourth-order valence-corrected chi connectivity index (χ4v) is 5.13. The first-order valence-corrected chi connectivity index (χ1v) is 14.2. The Balaban J connectivity index is 1.61. The smallest absolute Gasteiger partial charge is 0.221 e. The maximum absolute atomic E-state index is 12.5. The largest absolute Gasteiger partial charge is 0.253 e. The van der Waals surface area contributed by atoms with Crippen LogP contribution in [-0.2, 0) is 67.1 Å². The first-order chi connectivity index (χ1) is 15.9. The zero-order valence-electron chi connectivity index (χ0n) is 17.3. The molecule has 12 heteroatoms. The summed E-state index contributed by atoms with van der Waals surface area (Å²) in [5, 5.41) is 0. The third kappa shape index (κ3) is 8.43. The van der Waals surface area contributed by atoms with E-state index in [9.17, 15) is 16.8 Å². The fourth-order valence-electron chi connectivity index (χ4n) is 2.48. The van der Waals surface area contributed by atoms with E-state index in [0.717, 1.165) is 5.56 Å². The zero-order valence-corrected chi connectivity index (χ0v) is 20.5. The molecule has 0 saturated heterocycles. The lowest BCUT2D eigenvalue weighted by Crippen LogP contribution is -2.12. The normalized spacial score (nSPS) is 15.9. The minimum Gasteiger partial charge on any atom is -0.253 e. The van der Waals surface area contributed by atoms with Crippen molar-refractivity contribution in [2.45, 2.75) is 21.8 Å². The van der Waals surface area contributed by atoms with Crippen molar-refractivity contribution in [3.05, 3.63) is 96.1 Å². The molecule has 0 radical (unpaired) electrons. The third-order valence-corrected chi connectivity index (χ3v) is 7.15. The van der Waals surface area contributed by atoms with Crippen molar-refractivity contribution in [2.24, 2.45) is 0 Å². The molecular formula is C21H20O8S4. The molecule has 3 aromatic carbocycles. The second-order valence-corrected chi connectivity index (χ2v) is 10.6. The van der Waals surface area contributed by atoms with Crippen molar-refractivity contribution in [3.8, 4) is 0 Å². The monoisotopic (exact) mass is 528 g/mol. The molecule has 0 aliphatic rings. The second kappa shape index (κ2) is 13.1. The van der Waals surface area contributed by atoms with Crippen LogP contribution in [0.15, 0.2) is 94.7 Å². The molecule has 0 heterocycles. The van der Waals surface area contributed by atoms with Gasteiger partial charge in [0.05, 0.1) is 15.5 Å². The molecule has 33 heavy (non-hydrogen) atoms. The van der Waals surface area contributed by atoms with Crippen LogP contribution in [0.1, 0.15) is 17.4 Å². The van der Waals surface area contributed by atoms with Gasteiger partial charge in [0.25, 0.3) is 0 Å². The van der Waals surface area contributed by atoms with E-state index in [2.05, 4.69) is 0 Å². The van der Waals surface area contributed by atoms with Crippen LogP contribution >= 0.6 is 0 Å². The van der Waals surface area contributed by atoms with E-state index < -0.39 is 50.6 Å². The van der Waals surface area contributed by atoms with Gasteiger partial charge in [0.1, 0.15) is 0 Å². The predicted molar refractivity (Wildman–Crippen MR) is 125 cm³/mol. The Kier molecular flexibility index (Phi) is 10.2. The summed E-state index contributed by atoms with van der Waals surface area (Å²) in [4.78, 5) is 0.635. The average Bonchev–Trinajstić information content (AvgIpc) is 2.83. The van der Waals surface area contributed by atoms with E-state index in [4.69, 9.17) is 17.0 Å². The standard InChI is InChI=1S/C21H20O8S4/c1-30(22)26-21(27-32(24)19-10-6-3-7-11-19)18-12-14-20(15-13-18)33(25)29-28-31(23)16-17-8-4-2-5-9-17/h2-15,21H,16H2,1H3. The molecule has 0 aliphatic carbocycles. The number of rotatable bonds is 12. The SMILES string of the molecule is CS(=O)OC(OS(=O)c1ccccc1)c1ccc(S(=O)OOS(=O)Cc2ccccc2)cc1. The lowest BCUT2D eigenvalue weighted by atomic mass is 10.2. The van der Waals surface area contributed by atoms with Gasteiger partial charge in [-0.2, -0.15) is 0 Å². The number of hydrogen-bond acceptors (Lipinski definition) is 8. The van der Waals surface area contributed by atoms with Gasteiger partial charge in [0.15, 0.2) is 33.2 Å². The Hall–Kier alpha value is -1.90. The molecule has 0 amide bonds. The van der Waals surface area contributed by atoms with Gasteiger partial charge in [0.2, 0.25) is 17.4 Å². The van der Waals surface area contributed by atoms with Gasteiger partial charge in [-0.3, -0.25) is 4.18 Å². The predicted octanol–water partition coefficient (Wildman–Crippen LogP) is 3.57. The Morgan fingerprint density at radius 1 is 0.667 bits per heavy atom. The quantitative estimate of drug-likeness (QED) is 0.200. The van der Waals surface area contributed by atoms with Crippen LogP contribution in [0.5, 0.6) is 0 Å². The van der Waals surface area contributed by atoms with Crippen LogP contribution < -0.4 is 0 Å². The van der Waals surface area contributed by atoms with E-state index in [-0.39, 0.29) is 10.6 Å². The summed E-state index contributed by atoms with van der Waals surface area (Å²) < 4.78 is 68.5. The van der Waals surface area contributed by atoms with Crippen LogP contribution in [-0.4, -0.2) is 23.1 Å². The number of hydrogen-bond donors (Lipinski definition) is 0. The highest BCUT2D eigenvalue weighted by Crippen LogP contribution is 2.25. The van der Waals surface area contributed by atoms with Gasteiger partial charge < -0.3 is 0 Å². The van der Waals surface area contributed by atoms with Crippen LogP contribution in [0, 0.1) is 0 Å². The minimum atomic E-state index is -2.05. The maximum atomic E-state index is 12.5. The molecular weight excluding hydrogens is 508 g/mol. The molecule has 0 aromatic heterocycles. The molecule has 8 nitrogen and oxygen atoms in total. The topological polar surface area (TPSA) is 105 Å². The van der Waals surface area contributed by atoms with Crippen molar-refractivity contribution in [1.29, 1.82) is 0 Å². The van der Waals surface area contributed by atoms with Crippen molar-refractivity contribution < 1.29 is 33.9 Å². The van der Waals surface area contributed by atoms with E-state index in [1.165, 1.54) is 30.5 Å². The summed E-state index contributed by atoms with van der Waals surface area (Å²) in [6.07, 6.45) is 0.112. The van der Waals surface area contributed by atoms with Gasteiger partial charge in [-0.1, -0.05) is 60.7 Å². The Bertz CT molecular complexity index is 1120. The fraction of sp³-hybridized carbons (Fsp3) is 0.143. The van der Waals surface area contributed by atoms with Crippen LogP contribution in [0.25, 0.3) is 0 Å². The molecule has 0 saturated carbocycles. The van der Waals surface area contributed by atoms with Crippen LogP contribution in [0.3, 0.4) is 0 Å². The first-order valence-electron chi connectivity index (χ1n) is 9.36. The van der Waals surface area contributed by atoms with Crippen molar-refractivity contribution in [2.75, 3.05) is 6.26 Å². The third-order valence-electron chi connectivity index (χ3n) is 3.97. The van der Waals surface area contributed by atoms with Crippen molar-refractivity contribution in [3.63, 3.8) is 0 Å². The Morgan fingerprint density at radius 2 is 1.24 bits per heavy atom. The molecule has 0 fully saturated rings. The average molecular weight is 529 g/mol. The zero-order chi connectivity index (χ0) is 23.6. The Morgan fingerprint density at radius 3 is 1.85 bits per heavy atom. The molecule has 0 spiro atoms. The highest BCUT2D eigenvalue weighted by molar-refractivity contribution is 7.82. The van der Waals surface area contributed by atoms with E-state index in [1.54, 1.807) is 54.6 Å². The maximum Gasteiger partial charge on any atom is 0.221 e. The summed E-state index contributed by atoms with van der Waals surface area (Å²) in [7, 11) is 0. The Labute approximate surface area is 201 Å². The lowest BCUT2D eigenvalue weighted by molar-refractivity contribution is -0.0707. The second-order valence-electron chi connectivity index (χ2n) is 6.35. The highest BCUT2D eigenvalue weighted by atomic mass is 32.2. The lowest BCUT2D eigenvalue weighted by Gasteiger charge is -2.16. The molecule has 3 rings (SSSR count). The van der Waals surface area contributed by atoms with E-state index in [1.807, 2.05) is 6.07 Å². The molecule has 5 unspecified atom stereocenters. The molecule has 3 aromatic rings. The van der Waals surface area contributed by atoms with Crippen LogP contribution in [0.2, 0.25) is 0 Å². The van der Waals surface area contributed by atoms with Gasteiger partial charge in [-0.05, 0) is 29.8 Å². The molecule has 0 N–H and O–H groups in total. The van der Waals surface area contributed by atoms with E-state index >= 15 is 0 Å². The summed E-state index contributed by atoms with van der Waals surface area (Å²) in [6, 6.07) is 23.3. The molecule has 176 valence electrons. The van der Waals surface area contributed by atoms with Crippen LogP contribution in [0.4, 0.5) is 0 Å². The van der Waals surface area contributed by atoms with Crippen molar-refractivity contribution in [1.82, 2.24) is 0 Å². The summed E-state index contributed by atoms with van der Waals surface area (Å²) in [5.74, 6) is 0.0834. The molecule has 0 aliphatic heterocycles. The molecule has 0 bridgehead atoms. The van der Waals surface area contributed by atoms with Gasteiger partial charge in [-0.15, -0.1) is 8.67 Å². The van der Waals surface area contributed by atoms with Gasteiger partial charge in [0, 0.05) is 11.8 Å². The van der Waals surface area contributed by atoms with Gasteiger partial charge in [-0.25, -0.2) is 21.0 Å². The first kappa shape index (κ1) is 25.7. The number of benzene rings is 3. The molecule has 5 atom stereocenters. The van der Waals surface area contributed by atoms with E-state index in [0.29, 0.717) is 10.5 Å². The summed E-state index contributed by atoms with van der Waals surface area (Å²) in [6.45, 7) is 0. The summed E-state index contributed by atoms with van der Waals surface area (Å²) >= 11 is -7.46. The highest BCUT2D eigenvalue weighted by Gasteiger charge is 2.20. The van der Waals surface area contributed by atoms with Gasteiger partial charge >= 0.3 is 0 Å². The minimum absolute atomic E-state index is 0.0834. The van der Waals surface area contributed by atoms with Crippen molar-refractivity contribution >= 4 is 44.3 Å².